The average Bonchev–Trinajstić information content (AvgIpc) is 2.05. The number of alkyl halides is 1. The molecular weight excluding hydrogens is 146 g/mol. The molecule has 0 aromatic carbocycles. The Balaban J connectivity index is 2.75. The van der Waals surface area contributed by atoms with E-state index in [-0.39, 0.29) is 0 Å². The summed E-state index contributed by atoms with van der Waals surface area (Å²) in [6.45, 7) is 2.09. The van der Waals surface area contributed by atoms with Crippen LogP contribution in [0.2, 0.25) is 0 Å². The third kappa shape index (κ3) is 1.71. The van der Waals surface area contributed by atoms with Crippen molar-refractivity contribution in [1.29, 1.82) is 0 Å². The predicted molar refractivity (Wildman–Crippen MR) is 42.1 cm³/mol. The molecule has 54 valence electrons. The number of hydrogen-bond donors (Lipinski definition) is 0. The molecule has 0 aliphatic carbocycles. The second kappa shape index (κ2) is 3.57. The first-order valence-electron chi connectivity index (χ1n) is 3.36. The quantitative estimate of drug-likeness (QED) is 0.454. The zero-order chi connectivity index (χ0) is 7.40. The molecule has 10 heavy (non-hydrogen) atoms. The van der Waals surface area contributed by atoms with Gasteiger partial charge in [-0.2, -0.15) is 0 Å². The van der Waals surface area contributed by atoms with Crippen LogP contribution in [0.3, 0.4) is 0 Å². The van der Waals surface area contributed by atoms with E-state index in [1.165, 1.54) is 0 Å². The molecule has 0 aliphatic heterocycles. The molecule has 0 bridgehead atoms. The number of nitrogens with zero attached hydrogens (tertiary/aromatic N) is 1. The maximum absolute atomic E-state index is 5.67. The van der Waals surface area contributed by atoms with Gasteiger partial charge >= 0.3 is 0 Å². The summed E-state index contributed by atoms with van der Waals surface area (Å²) in [7, 11) is 0. The highest BCUT2D eigenvalue weighted by Gasteiger charge is 2.07. The Morgan fingerprint density at radius 2 is 1.90 bits per heavy atom. The Bertz CT molecular complexity index is 186. The highest BCUT2D eigenvalue weighted by atomic mass is 35.5. The lowest BCUT2D eigenvalue weighted by molar-refractivity contribution is -0.715. The minimum absolute atomic E-state index is 0.392. The van der Waals surface area contributed by atoms with Crippen LogP contribution in [0.1, 0.15) is 13.0 Å². The monoisotopic (exact) mass is 156 g/mol. The van der Waals surface area contributed by atoms with Crippen molar-refractivity contribution in [3.05, 3.63) is 30.6 Å². The molecule has 0 saturated heterocycles. The van der Waals surface area contributed by atoms with Gasteiger partial charge in [0.15, 0.2) is 18.4 Å². The van der Waals surface area contributed by atoms with E-state index in [1.807, 2.05) is 30.6 Å². The summed E-state index contributed by atoms with van der Waals surface area (Å²) < 4.78 is 2.09. The van der Waals surface area contributed by atoms with Crippen LogP contribution in [0.15, 0.2) is 30.6 Å². The van der Waals surface area contributed by atoms with Crippen LogP contribution >= 0.6 is 11.6 Å². The first-order valence-corrected chi connectivity index (χ1v) is 3.90. The van der Waals surface area contributed by atoms with Crippen molar-refractivity contribution >= 4 is 11.6 Å². The topological polar surface area (TPSA) is 3.88 Å². The van der Waals surface area contributed by atoms with E-state index in [9.17, 15) is 0 Å². The smallest absolute Gasteiger partial charge is 0.169 e. The third-order valence-corrected chi connectivity index (χ3v) is 1.92. The molecule has 0 radical (unpaired) electrons. The van der Waals surface area contributed by atoms with E-state index in [2.05, 4.69) is 11.5 Å². The van der Waals surface area contributed by atoms with Gasteiger partial charge in [0, 0.05) is 12.1 Å². The van der Waals surface area contributed by atoms with E-state index in [0.717, 1.165) is 0 Å². The van der Waals surface area contributed by atoms with Gasteiger partial charge in [0.1, 0.15) is 0 Å². The van der Waals surface area contributed by atoms with Gasteiger partial charge < -0.3 is 0 Å². The minimum Gasteiger partial charge on any atom is -0.202 e. The summed E-state index contributed by atoms with van der Waals surface area (Å²) in [5, 5.41) is 0. The van der Waals surface area contributed by atoms with Crippen LogP contribution in [0.5, 0.6) is 0 Å². The molecule has 1 rings (SSSR count). The maximum Gasteiger partial charge on any atom is 0.169 e. The lowest BCUT2D eigenvalue weighted by Crippen LogP contribution is -2.37. The summed E-state index contributed by atoms with van der Waals surface area (Å²) in [4.78, 5) is 0. The first-order chi connectivity index (χ1) is 4.84. The SMILES string of the molecule is CC(CCl)[n+]1ccccc1. The van der Waals surface area contributed by atoms with Crippen LogP contribution in [0.25, 0.3) is 0 Å². The van der Waals surface area contributed by atoms with E-state index >= 15 is 0 Å². The van der Waals surface area contributed by atoms with Gasteiger partial charge in [0.2, 0.25) is 0 Å². The van der Waals surface area contributed by atoms with E-state index in [4.69, 9.17) is 11.6 Å². The molecule has 1 atom stereocenters. The molecule has 0 spiro atoms. The number of halogens is 1. The summed E-state index contributed by atoms with van der Waals surface area (Å²) >= 11 is 5.67. The standard InChI is InChI=1S/C8H11ClN/c1-8(7-9)10-5-3-2-4-6-10/h2-6,8H,7H2,1H3/q+1. The fourth-order valence-corrected chi connectivity index (χ4v) is 0.945. The zero-order valence-electron chi connectivity index (χ0n) is 6.00. The van der Waals surface area contributed by atoms with Gasteiger partial charge in [0.05, 0.1) is 5.88 Å². The van der Waals surface area contributed by atoms with Crippen molar-refractivity contribution < 1.29 is 4.57 Å². The maximum atomic E-state index is 5.67. The summed E-state index contributed by atoms with van der Waals surface area (Å²) in [6, 6.07) is 6.40. The highest BCUT2D eigenvalue weighted by molar-refractivity contribution is 6.18. The summed E-state index contributed by atoms with van der Waals surface area (Å²) in [5.41, 5.74) is 0. The largest absolute Gasteiger partial charge is 0.202 e. The van der Waals surface area contributed by atoms with Crippen LogP contribution in [0.4, 0.5) is 0 Å². The van der Waals surface area contributed by atoms with Crippen molar-refractivity contribution in [2.45, 2.75) is 13.0 Å². The fraction of sp³-hybridized carbons (Fsp3) is 0.375. The van der Waals surface area contributed by atoms with Crippen LogP contribution in [0, 0.1) is 0 Å². The van der Waals surface area contributed by atoms with Gasteiger partial charge in [-0.15, -0.1) is 11.6 Å². The molecule has 0 fully saturated rings. The summed E-state index contributed by atoms with van der Waals surface area (Å²) in [6.07, 6.45) is 4.04. The van der Waals surface area contributed by atoms with E-state index in [1.54, 1.807) is 0 Å². The molecule has 1 unspecified atom stereocenters. The van der Waals surface area contributed by atoms with Crippen molar-refractivity contribution in [2.75, 3.05) is 5.88 Å². The number of aromatic nitrogens is 1. The molecule has 1 aromatic rings. The van der Waals surface area contributed by atoms with Gasteiger partial charge in [-0.3, -0.25) is 0 Å². The second-order valence-electron chi connectivity index (χ2n) is 2.33. The molecule has 1 aromatic heterocycles. The van der Waals surface area contributed by atoms with Crippen LogP contribution < -0.4 is 4.57 Å². The Morgan fingerprint density at radius 3 is 2.40 bits per heavy atom. The first kappa shape index (κ1) is 7.55. The van der Waals surface area contributed by atoms with Gasteiger partial charge in [-0.05, 0) is 6.92 Å². The van der Waals surface area contributed by atoms with Crippen LogP contribution in [-0.2, 0) is 0 Å². The van der Waals surface area contributed by atoms with Gasteiger partial charge in [-0.1, -0.05) is 6.07 Å². The molecule has 0 amide bonds. The average molecular weight is 157 g/mol. The highest BCUT2D eigenvalue weighted by Crippen LogP contribution is 1.95. The third-order valence-electron chi connectivity index (χ3n) is 1.47. The molecule has 1 nitrogen and oxygen atoms in total. The van der Waals surface area contributed by atoms with Gasteiger partial charge in [0.25, 0.3) is 0 Å². The Kier molecular flexibility index (Phi) is 2.69. The lowest BCUT2D eigenvalue weighted by atomic mass is 10.3. The number of pyridine rings is 1. The molecule has 1 heterocycles. The van der Waals surface area contributed by atoms with Crippen molar-refractivity contribution in [3.8, 4) is 0 Å². The molecule has 2 heteroatoms. The Morgan fingerprint density at radius 1 is 1.30 bits per heavy atom. The zero-order valence-corrected chi connectivity index (χ0v) is 6.75. The van der Waals surface area contributed by atoms with Crippen molar-refractivity contribution in [2.24, 2.45) is 0 Å². The number of rotatable bonds is 2. The second-order valence-corrected chi connectivity index (χ2v) is 2.63. The lowest BCUT2D eigenvalue weighted by Gasteiger charge is -1.99. The fourth-order valence-electron chi connectivity index (χ4n) is 0.786. The molecule has 0 N–H and O–H groups in total. The molecule has 0 saturated carbocycles. The van der Waals surface area contributed by atoms with E-state index < -0.39 is 0 Å². The molecular formula is C8H11ClN+. The van der Waals surface area contributed by atoms with E-state index in [0.29, 0.717) is 11.9 Å². The predicted octanol–water partition coefficient (Wildman–Crippen LogP) is 1.77. The minimum atomic E-state index is 0.392. The van der Waals surface area contributed by atoms with Crippen molar-refractivity contribution in [1.82, 2.24) is 0 Å². The number of hydrogen-bond acceptors (Lipinski definition) is 0. The van der Waals surface area contributed by atoms with Gasteiger partial charge in [-0.25, -0.2) is 4.57 Å². The van der Waals surface area contributed by atoms with Crippen molar-refractivity contribution in [3.63, 3.8) is 0 Å². The summed E-state index contributed by atoms with van der Waals surface area (Å²) in [5.74, 6) is 0.661. The Labute approximate surface area is 66.3 Å². The van der Waals surface area contributed by atoms with Crippen LogP contribution in [-0.4, -0.2) is 5.88 Å². The normalized spacial score (nSPS) is 13.0. The molecule has 0 aliphatic rings. The Hall–Kier alpha value is -0.560.